The number of hydrogen-bond acceptors (Lipinski definition) is 5. The van der Waals surface area contributed by atoms with Gasteiger partial charge in [0.05, 0.1) is 12.6 Å². The number of urea groups is 2. The lowest BCUT2D eigenvalue weighted by Crippen LogP contribution is -2.67. The smallest absolute Gasteiger partial charge is 0.331 e. The fourth-order valence-corrected chi connectivity index (χ4v) is 3.41. The minimum absolute atomic E-state index is 0.132. The molecule has 178 valence electrons. The molecule has 10 heteroatoms. The van der Waals surface area contributed by atoms with Crippen LogP contribution >= 0.6 is 11.6 Å². The van der Waals surface area contributed by atoms with E-state index < -0.39 is 24.2 Å². The third-order valence-electron chi connectivity index (χ3n) is 4.93. The molecule has 3 rings (SSSR count). The Labute approximate surface area is 198 Å². The lowest BCUT2D eigenvalue weighted by atomic mass is 10.2. The van der Waals surface area contributed by atoms with Gasteiger partial charge >= 0.3 is 12.1 Å². The molecule has 8 nitrogen and oxygen atoms in total. The molecule has 2 aromatic rings. The fourth-order valence-electron chi connectivity index (χ4n) is 3.28. The van der Waals surface area contributed by atoms with E-state index in [4.69, 9.17) is 16.3 Å². The van der Waals surface area contributed by atoms with Crippen molar-refractivity contribution in [1.82, 2.24) is 20.0 Å². The summed E-state index contributed by atoms with van der Waals surface area (Å²) in [6.07, 6.45) is -1.05. The normalized spacial score (nSPS) is 16.4. The van der Waals surface area contributed by atoms with Gasteiger partial charge in [-0.25, -0.2) is 18.9 Å². The second kappa shape index (κ2) is 10.7. The molecule has 1 aliphatic heterocycles. The molecule has 0 bridgehead atoms. The van der Waals surface area contributed by atoms with E-state index in [0.29, 0.717) is 17.3 Å². The number of rotatable bonds is 9. The van der Waals surface area contributed by atoms with Crippen molar-refractivity contribution in [2.75, 3.05) is 32.5 Å². The van der Waals surface area contributed by atoms with Crippen LogP contribution in [-0.4, -0.2) is 66.3 Å². The fraction of sp³-hybridized carbons (Fsp3) is 0.391. The molecule has 0 saturated carbocycles. The van der Waals surface area contributed by atoms with E-state index in [1.807, 2.05) is 45.0 Å². The number of imide groups is 1. The highest BCUT2D eigenvalue weighted by atomic mass is 35.5. The van der Waals surface area contributed by atoms with Crippen LogP contribution in [0.25, 0.3) is 0 Å². The monoisotopic (exact) mass is 477 g/mol. The Morgan fingerprint density at radius 3 is 2.48 bits per heavy atom. The molecule has 1 atom stereocenters. The first-order chi connectivity index (χ1) is 15.6. The van der Waals surface area contributed by atoms with Crippen LogP contribution in [0.3, 0.4) is 0 Å². The van der Waals surface area contributed by atoms with Crippen LogP contribution in [0, 0.1) is 5.82 Å². The van der Waals surface area contributed by atoms with Crippen molar-refractivity contribution in [3.8, 4) is 5.75 Å². The van der Waals surface area contributed by atoms with Crippen molar-refractivity contribution < 1.29 is 18.7 Å². The summed E-state index contributed by atoms with van der Waals surface area (Å²) in [5.41, 5.74) is 1.22. The number of carbonyl (C=O) groups excluding carboxylic acids is 2. The van der Waals surface area contributed by atoms with Gasteiger partial charge in [0.1, 0.15) is 0 Å². The van der Waals surface area contributed by atoms with E-state index in [-0.39, 0.29) is 24.9 Å². The Morgan fingerprint density at radius 1 is 1.18 bits per heavy atom. The summed E-state index contributed by atoms with van der Waals surface area (Å²) < 4.78 is 19.9. The van der Waals surface area contributed by atoms with E-state index in [1.165, 1.54) is 17.0 Å². The van der Waals surface area contributed by atoms with E-state index in [1.54, 1.807) is 18.2 Å². The average Bonchev–Trinajstić information content (AvgIpc) is 2.73. The minimum Gasteiger partial charge on any atom is -0.488 e. The molecule has 2 aromatic carbocycles. The van der Waals surface area contributed by atoms with Crippen LogP contribution in [0.4, 0.5) is 19.7 Å². The largest absolute Gasteiger partial charge is 0.488 e. The number of amides is 4. The number of hydrogen-bond donors (Lipinski definition) is 2. The van der Waals surface area contributed by atoms with Gasteiger partial charge in [-0.15, -0.1) is 0 Å². The summed E-state index contributed by atoms with van der Waals surface area (Å²) in [7, 11) is 3.73. The number of halogens is 2. The van der Waals surface area contributed by atoms with Crippen molar-refractivity contribution in [2.24, 2.45) is 0 Å². The van der Waals surface area contributed by atoms with Gasteiger partial charge in [0, 0.05) is 29.9 Å². The van der Waals surface area contributed by atoms with Gasteiger partial charge in [0.2, 0.25) is 0 Å². The summed E-state index contributed by atoms with van der Waals surface area (Å²) in [6, 6.07) is 10.5. The standard InChI is InChI=1S/C23H29ClFN5O3/c1-15(2)33-20-10-9-18(13-19(20)25)26-21-27-22(31)29(12-11-28(3)4)23(32)30(21)14-16-5-7-17(24)8-6-16/h5-10,13,15,21,26H,11-12,14H2,1-4H3,(H,27,31). The van der Waals surface area contributed by atoms with E-state index in [9.17, 15) is 14.0 Å². The molecule has 33 heavy (non-hydrogen) atoms. The molecule has 1 heterocycles. The molecule has 0 radical (unpaired) electrons. The van der Waals surface area contributed by atoms with Crippen LogP contribution in [0.15, 0.2) is 42.5 Å². The number of likely N-dealkylation sites (N-methyl/N-ethyl adjacent to an activating group) is 1. The topological polar surface area (TPSA) is 77.1 Å². The van der Waals surface area contributed by atoms with Crippen molar-refractivity contribution in [2.45, 2.75) is 32.8 Å². The lowest BCUT2D eigenvalue weighted by Gasteiger charge is -2.41. The predicted octanol–water partition coefficient (Wildman–Crippen LogP) is 4.17. The summed E-state index contributed by atoms with van der Waals surface area (Å²) in [5, 5.41) is 6.43. The van der Waals surface area contributed by atoms with Gasteiger partial charge in [0.25, 0.3) is 0 Å². The molecule has 0 aliphatic carbocycles. The highest BCUT2D eigenvalue weighted by Gasteiger charge is 2.38. The summed E-state index contributed by atoms with van der Waals surface area (Å²) in [4.78, 5) is 30.5. The molecular weight excluding hydrogens is 449 g/mol. The zero-order valence-corrected chi connectivity index (χ0v) is 19.9. The Bertz CT molecular complexity index is 987. The summed E-state index contributed by atoms with van der Waals surface area (Å²) in [6.45, 7) is 4.59. The van der Waals surface area contributed by atoms with Crippen molar-refractivity contribution >= 4 is 29.4 Å². The molecule has 1 unspecified atom stereocenters. The van der Waals surface area contributed by atoms with Gasteiger partial charge in [-0.1, -0.05) is 23.7 Å². The second-order valence-corrected chi connectivity index (χ2v) is 8.74. The van der Waals surface area contributed by atoms with Crippen molar-refractivity contribution in [3.05, 3.63) is 58.9 Å². The van der Waals surface area contributed by atoms with Crippen LogP contribution in [0.1, 0.15) is 19.4 Å². The molecule has 0 spiro atoms. The number of carbonyl (C=O) groups is 2. The molecule has 1 aliphatic rings. The zero-order chi connectivity index (χ0) is 24.1. The Kier molecular flexibility index (Phi) is 7.99. The Balaban J connectivity index is 1.84. The van der Waals surface area contributed by atoms with Crippen LogP contribution in [-0.2, 0) is 6.54 Å². The van der Waals surface area contributed by atoms with Crippen molar-refractivity contribution in [3.63, 3.8) is 0 Å². The SMILES string of the molecule is CC(C)Oc1ccc(NC2NC(=O)N(CCN(C)C)C(=O)N2Cc2ccc(Cl)cc2)cc1F. The number of ether oxygens (including phenoxy) is 1. The number of nitrogens with one attached hydrogen (secondary N) is 2. The molecular formula is C23H29ClFN5O3. The van der Waals surface area contributed by atoms with Gasteiger partial charge in [-0.2, -0.15) is 0 Å². The molecule has 1 saturated heterocycles. The second-order valence-electron chi connectivity index (χ2n) is 8.30. The van der Waals surface area contributed by atoms with Gasteiger partial charge in [0.15, 0.2) is 17.9 Å². The van der Waals surface area contributed by atoms with Crippen molar-refractivity contribution in [1.29, 1.82) is 0 Å². The zero-order valence-electron chi connectivity index (χ0n) is 19.1. The highest BCUT2D eigenvalue weighted by Crippen LogP contribution is 2.24. The quantitative estimate of drug-likeness (QED) is 0.567. The summed E-state index contributed by atoms with van der Waals surface area (Å²) in [5.74, 6) is -0.411. The maximum absolute atomic E-state index is 14.5. The molecule has 0 aromatic heterocycles. The minimum atomic E-state index is -0.882. The van der Waals surface area contributed by atoms with Gasteiger partial charge in [-0.3, -0.25) is 10.2 Å². The third-order valence-corrected chi connectivity index (χ3v) is 5.18. The number of benzene rings is 2. The molecule has 4 amide bonds. The van der Waals surface area contributed by atoms with Crippen LogP contribution in [0.2, 0.25) is 5.02 Å². The molecule has 1 fully saturated rings. The van der Waals surface area contributed by atoms with E-state index in [2.05, 4.69) is 10.6 Å². The van der Waals surface area contributed by atoms with Gasteiger partial charge in [-0.05, 0) is 57.8 Å². The van der Waals surface area contributed by atoms with E-state index in [0.717, 1.165) is 10.5 Å². The van der Waals surface area contributed by atoms with Gasteiger partial charge < -0.3 is 15.0 Å². The Morgan fingerprint density at radius 2 is 1.88 bits per heavy atom. The molecule has 2 N–H and O–H groups in total. The van der Waals surface area contributed by atoms with Crippen LogP contribution in [0.5, 0.6) is 5.75 Å². The lowest BCUT2D eigenvalue weighted by molar-refractivity contribution is 0.104. The number of nitrogens with zero attached hydrogens (tertiary/aromatic N) is 3. The average molecular weight is 478 g/mol. The van der Waals surface area contributed by atoms with Crippen LogP contribution < -0.4 is 15.4 Å². The predicted molar refractivity (Wildman–Crippen MR) is 126 cm³/mol. The number of anilines is 1. The maximum Gasteiger partial charge on any atom is 0.331 e. The first-order valence-electron chi connectivity index (χ1n) is 10.6. The highest BCUT2D eigenvalue weighted by molar-refractivity contribution is 6.30. The maximum atomic E-state index is 14.5. The third kappa shape index (κ3) is 6.49. The first-order valence-corrected chi connectivity index (χ1v) is 11.0. The van der Waals surface area contributed by atoms with E-state index >= 15 is 0 Å². The first kappa shape index (κ1) is 24.6. The Hall–Kier alpha value is -3.04. The summed E-state index contributed by atoms with van der Waals surface area (Å²) >= 11 is 5.98.